The van der Waals surface area contributed by atoms with Gasteiger partial charge in [-0.2, -0.15) is 0 Å². The second-order valence-corrected chi connectivity index (χ2v) is 2.42. The predicted molar refractivity (Wildman–Crippen MR) is 23.9 cm³/mol. The molecule has 6 heteroatoms. The maximum Gasteiger partial charge on any atom is 1.00 e. The summed E-state index contributed by atoms with van der Waals surface area (Å²) >= 11 is -3.13. The molecule has 0 aliphatic rings. The molecule has 1 N–H and O–H groups in total. The second-order valence-electron chi connectivity index (χ2n) is 0.699. The molecule has 0 heterocycles. The molecule has 0 rings (SSSR count). The van der Waals surface area contributed by atoms with Crippen LogP contribution in [0.25, 0.3) is 0 Å². The molecule has 0 aromatic rings. The van der Waals surface area contributed by atoms with Crippen LogP contribution < -0.4 is 59.1 Å². The molecule has 0 spiro atoms. The van der Waals surface area contributed by atoms with Crippen molar-refractivity contribution in [1.82, 2.24) is 0 Å². The molecule has 0 aromatic heterocycles. The maximum atomic E-state index is 9.63. The van der Waals surface area contributed by atoms with Gasteiger partial charge >= 0.3 is 99.5 Å². The van der Waals surface area contributed by atoms with Gasteiger partial charge in [0.1, 0.15) is 0 Å². The van der Waals surface area contributed by atoms with Gasteiger partial charge in [0.05, 0.1) is 0 Å². The summed E-state index contributed by atoms with van der Waals surface area (Å²) in [7, 11) is 0. The molecular formula is C2H9AsNa2O3. The minimum absolute atomic E-state index is 0. The van der Waals surface area contributed by atoms with Gasteiger partial charge in [0.25, 0.3) is 0 Å². The van der Waals surface area contributed by atoms with Crippen molar-refractivity contribution in [3.05, 3.63) is 0 Å². The molecule has 3 nitrogen and oxygen atoms in total. The van der Waals surface area contributed by atoms with Crippen LogP contribution in [0, 0.1) is 0 Å². The van der Waals surface area contributed by atoms with E-state index in [1.807, 2.05) is 0 Å². The van der Waals surface area contributed by atoms with Crippen LogP contribution in [-0.2, 0) is 7.47 Å². The molecule has 0 saturated carbocycles. The average Bonchev–Trinajstić information content (AvgIpc) is 1.35. The van der Waals surface area contributed by atoms with Crippen LogP contribution in [0.3, 0.4) is 0 Å². The Morgan fingerprint density at radius 3 is 2.12 bits per heavy atom. The minimum atomic E-state index is -3.13. The largest absolute Gasteiger partial charge is 1.00 e. The summed E-state index contributed by atoms with van der Waals surface area (Å²) < 4.78 is 21.8. The van der Waals surface area contributed by atoms with E-state index >= 15 is 0 Å². The van der Waals surface area contributed by atoms with Crippen LogP contribution in [0.4, 0.5) is 0 Å². The summed E-state index contributed by atoms with van der Waals surface area (Å²) in [6.07, 6.45) is 0. The van der Waals surface area contributed by atoms with E-state index in [0.717, 1.165) is 0 Å². The van der Waals surface area contributed by atoms with Gasteiger partial charge < -0.3 is 2.85 Å². The minimum Gasteiger partial charge on any atom is -1.00 e. The van der Waals surface area contributed by atoms with E-state index in [-0.39, 0.29) is 62.0 Å². The first-order valence-electron chi connectivity index (χ1n) is 1.63. The maximum absolute atomic E-state index is 9.63. The molecule has 8 heavy (non-hydrogen) atoms. The van der Waals surface area contributed by atoms with E-state index in [2.05, 4.69) is 3.73 Å². The van der Waals surface area contributed by atoms with Gasteiger partial charge in [-0.1, -0.05) is 0 Å². The third kappa shape index (κ3) is 15.7. The van der Waals surface area contributed by atoms with Gasteiger partial charge in [-0.25, -0.2) is 0 Å². The SMILES string of the molecule is CCO[AsH](=O)O.[H-].[H-].[Na+].[Na+]. The van der Waals surface area contributed by atoms with Gasteiger partial charge in [-0.3, -0.25) is 0 Å². The van der Waals surface area contributed by atoms with E-state index in [9.17, 15) is 3.74 Å². The van der Waals surface area contributed by atoms with E-state index in [1.165, 1.54) is 0 Å². The molecule has 0 aromatic carbocycles. The molecule has 0 aliphatic heterocycles. The monoisotopic (exact) mass is 202 g/mol. The van der Waals surface area contributed by atoms with Crippen LogP contribution in [0.15, 0.2) is 0 Å². The van der Waals surface area contributed by atoms with Crippen LogP contribution in [0.1, 0.15) is 9.78 Å². The van der Waals surface area contributed by atoms with Crippen LogP contribution in [0.5, 0.6) is 0 Å². The summed E-state index contributed by atoms with van der Waals surface area (Å²) in [6, 6.07) is 0. The topological polar surface area (TPSA) is 46.5 Å². The first-order chi connectivity index (χ1) is 2.77. The Kier molecular flexibility index (Phi) is 25.1. The van der Waals surface area contributed by atoms with Crippen LogP contribution in [-0.4, -0.2) is 26.0 Å². The van der Waals surface area contributed by atoms with Crippen molar-refractivity contribution in [1.29, 1.82) is 0 Å². The van der Waals surface area contributed by atoms with Crippen LogP contribution in [0.2, 0.25) is 0 Å². The van der Waals surface area contributed by atoms with E-state index in [1.54, 1.807) is 6.92 Å². The Balaban J connectivity index is -0.0000000208. The van der Waals surface area contributed by atoms with Gasteiger partial charge in [0, 0.05) is 0 Å². The normalized spacial score (nSPS) is 10.8. The zero-order chi connectivity index (χ0) is 4.99. The van der Waals surface area contributed by atoms with E-state index < -0.39 is 15.3 Å². The van der Waals surface area contributed by atoms with Crippen molar-refractivity contribution in [3.63, 3.8) is 0 Å². The summed E-state index contributed by atoms with van der Waals surface area (Å²) in [4.78, 5) is 0. The van der Waals surface area contributed by atoms with Gasteiger partial charge in [0.15, 0.2) is 0 Å². The fourth-order valence-electron chi connectivity index (χ4n) is 0.123. The number of hydrogen-bond donors (Lipinski definition) is 1. The smallest absolute Gasteiger partial charge is 1.00 e. The van der Waals surface area contributed by atoms with Crippen molar-refractivity contribution in [2.45, 2.75) is 6.92 Å². The van der Waals surface area contributed by atoms with Crippen molar-refractivity contribution in [3.8, 4) is 0 Å². The molecule has 0 amide bonds. The molecular weight excluding hydrogens is 193 g/mol. The van der Waals surface area contributed by atoms with Gasteiger partial charge in [-0.15, -0.1) is 0 Å². The van der Waals surface area contributed by atoms with Crippen molar-refractivity contribution in [2.24, 2.45) is 0 Å². The van der Waals surface area contributed by atoms with E-state index in [0.29, 0.717) is 6.61 Å². The Bertz CT molecular complexity index is 66.5. The zero-order valence-electron chi connectivity index (χ0n) is 7.47. The summed E-state index contributed by atoms with van der Waals surface area (Å²) in [6.45, 7) is 2.02. The van der Waals surface area contributed by atoms with Crippen LogP contribution >= 0.6 is 0 Å². The summed E-state index contributed by atoms with van der Waals surface area (Å²) in [5, 5.41) is 0. The predicted octanol–water partition coefficient (Wildman–Crippen LogP) is -6.60. The Labute approximate surface area is 101 Å². The second kappa shape index (κ2) is 12.0. The molecule has 0 bridgehead atoms. The number of hydrogen-bond acceptors (Lipinski definition) is 2. The van der Waals surface area contributed by atoms with Crippen molar-refractivity contribution in [2.75, 3.05) is 6.61 Å². The molecule has 0 fully saturated rings. The molecule has 42 valence electrons. The number of rotatable bonds is 2. The first kappa shape index (κ1) is 16.7. The Morgan fingerprint density at radius 2 is 2.12 bits per heavy atom. The first-order valence-corrected chi connectivity index (χ1v) is 4.28. The molecule has 0 saturated heterocycles. The van der Waals surface area contributed by atoms with Crippen molar-refractivity contribution < 1.29 is 73.5 Å². The standard InChI is InChI=1S/C2H7AsO3.2Na.2H/c1-2-6-3(4)5;;;;/h3H,2H2,1H3,(H,4,5);;;;/q;2*+1;2*-1. The van der Waals surface area contributed by atoms with E-state index in [4.69, 9.17) is 4.10 Å². The fourth-order valence-corrected chi connectivity index (χ4v) is 0.642. The Hall–Kier alpha value is 2.28. The molecule has 1 unspecified atom stereocenters. The third-order valence-electron chi connectivity index (χ3n) is 0.268. The summed E-state index contributed by atoms with van der Waals surface area (Å²) in [5.74, 6) is 0. The summed E-state index contributed by atoms with van der Waals surface area (Å²) in [5.41, 5.74) is 0. The molecule has 0 aliphatic carbocycles. The Morgan fingerprint density at radius 1 is 1.75 bits per heavy atom. The quantitative estimate of drug-likeness (QED) is 0.453. The van der Waals surface area contributed by atoms with Gasteiger partial charge in [0.2, 0.25) is 0 Å². The van der Waals surface area contributed by atoms with Gasteiger partial charge in [-0.05, 0) is 0 Å². The fraction of sp³-hybridized carbons (Fsp3) is 1.00. The molecule has 1 atom stereocenters. The van der Waals surface area contributed by atoms with Crippen molar-refractivity contribution >= 4 is 15.3 Å². The third-order valence-corrected chi connectivity index (χ3v) is 1.39. The molecule has 0 radical (unpaired) electrons. The zero-order valence-corrected chi connectivity index (χ0v) is 11.6. The average molecular weight is 202 g/mol.